The lowest BCUT2D eigenvalue weighted by Gasteiger charge is -2.22. The Kier molecular flexibility index (Phi) is 25.9. The number of aromatic nitrogens is 12. The van der Waals surface area contributed by atoms with Crippen molar-refractivity contribution >= 4 is 155 Å². The molecule has 9 N–H and O–H groups in total. The summed E-state index contributed by atoms with van der Waals surface area (Å²) < 4.78 is 39.8. The third-order valence-corrected chi connectivity index (χ3v) is 29.6. The van der Waals surface area contributed by atoms with Crippen molar-refractivity contribution in [1.29, 1.82) is 0 Å². The van der Waals surface area contributed by atoms with E-state index in [1.54, 1.807) is 108 Å². The van der Waals surface area contributed by atoms with E-state index in [1.807, 2.05) is 79.6 Å². The van der Waals surface area contributed by atoms with Gasteiger partial charge in [0.2, 0.25) is 17.7 Å². The molecule has 0 radical (unpaired) electrons. The van der Waals surface area contributed by atoms with E-state index in [1.165, 1.54) is 37.5 Å². The van der Waals surface area contributed by atoms with E-state index in [0.29, 0.717) is 86.8 Å². The molecule has 31 nitrogen and oxygen atoms in total. The maximum absolute atomic E-state index is 12.7. The molecule has 35 heteroatoms. The summed E-state index contributed by atoms with van der Waals surface area (Å²) in [4.78, 5) is 79.6. The number of nitrogens with zero attached hydrogens (tertiary/aromatic N) is 17. The molecule has 4 saturated heterocycles. The number of anilines is 4. The molecule has 4 amide bonds. The van der Waals surface area contributed by atoms with Gasteiger partial charge in [0.15, 0.2) is 23.3 Å². The van der Waals surface area contributed by atoms with Gasteiger partial charge in [-0.25, -0.2) is 38.0 Å². The Morgan fingerprint density at radius 3 is 1.34 bits per heavy atom. The number of aliphatic hydroxyl groups is 1. The number of aryl methyl sites for hydroxylation is 4. The second-order valence-electron chi connectivity index (χ2n) is 34.0. The van der Waals surface area contributed by atoms with Gasteiger partial charge in [-0.1, -0.05) is 49.4 Å². The lowest BCUT2D eigenvalue weighted by molar-refractivity contribution is -0.126. The van der Waals surface area contributed by atoms with Crippen molar-refractivity contribution in [3.8, 4) is 76.6 Å². The highest BCUT2D eigenvalue weighted by Gasteiger charge is 2.43. The van der Waals surface area contributed by atoms with Crippen LogP contribution in [0, 0.1) is 39.5 Å². The number of methoxy groups -OCH3 is 5. The minimum atomic E-state index is -1.26. The Labute approximate surface area is 783 Å². The maximum Gasteiger partial charge on any atom is 0.298 e. The van der Waals surface area contributed by atoms with Crippen LogP contribution in [0.5, 0.6) is 23.0 Å². The fourth-order valence-electron chi connectivity index (χ4n) is 18.7. The number of likely N-dealkylation sites (N-methyl/N-ethyl adjacent to an activating group) is 1. The SMILES string of the molecule is C=CC(=O)N1CCC(O)(c2cc(-c3cc4cc(C)cc(OC)c4s3)c3c(N)ncnn23)C1.C=CC(=O)N1CCC(c2c(COC)c(-c3cc4cc(C)cc(OC)c4s3)c3c(N)ncnn23)C1.CC#CC(=O)N1CCC(c2cc(-c3cc4cc(C)cc(OC)c4s3)c3c(N)ncnn23)C1.COc1cc(C)cc2cc(-c3cc(C4CCN(C(=O)/C=C/CN(C)C)C4)n4ncnc(N)c34)sc12. The van der Waals surface area contributed by atoms with Crippen molar-refractivity contribution in [1.82, 2.24) is 82.9 Å². The van der Waals surface area contributed by atoms with Gasteiger partial charge in [0, 0.05) is 148 Å². The van der Waals surface area contributed by atoms with Crippen LogP contribution in [-0.4, -0.2) is 220 Å². The molecule has 0 aliphatic carbocycles. The van der Waals surface area contributed by atoms with Crippen molar-refractivity contribution in [2.75, 3.05) is 131 Å². The van der Waals surface area contributed by atoms with Crippen molar-refractivity contribution < 1.29 is 48.0 Å². The molecule has 4 aliphatic rings. The van der Waals surface area contributed by atoms with Crippen molar-refractivity contribution in [2.24, 2.45) is 0 Å². The molecular formula is C98H103N21O10S4. The van der Waals surface area contributed by atoms with Gasteiger partial charge in [0.25, 0.3) is 5.91 Å². The number of hydrogen-bond donors (Lipinski definition) is 5. The maximum atomic E-state index is 12.7. The molecule has 12 aromatic heterocycles. The first-order chi connectivity index (χ1) is 64.1. The minimum Gasteiger partial charge on any atom is -0.495 e. The monoisotopic (exact) mass is 1860 g/mol. The average Bonchev–Trinajstić information content (AvgIpc) is 1.58. The predicted molar refractivity (Wildman–Crippen MR) is 527 cm³/mol. The summed E-state index contributed by atoms with van der Waals surface area (Å²) in [5, 5.41) is 34.0. The van der Waals surface area contributed by atoms with E-state index in [2.05, 4.69) is 153 Å². The summed E-state index contributed by atoms with van der Waals surface area (Å²) in [6.45, 7) is 22.7. The number of thiophene rings is 4. The van der Waals surface area contributed by atoms with Crippen molar-refractivity contribution in [3.05, 3.63) is 204 Å². The van der Waals surface area contributed by atoms with E-state index >= 15 is 0 Å². The molecule has 684 valence electrons. The summed E-state index contributed by atoms with van der Waals surface area (Å²) in [6, 6.07) is 31.6. The number of hydrogen-bond acceptors (Lipinski definition) is 27. The van der Waals surface area contributed by atoms with E-state index < -0.39 is 5.60 Å². The molecule has 0 bridgehead atoms. The van der Waals surface area contributed by atoms with Crippen LogP contribution in [0.1, 0.15) is 101 Å². The summed E-state index contributed by atoms with van der Waals surface area (Å²) in [6.07, 6.45) is 15.0. The summed E-state index contributed by atoms with van der Waals surface area (Å²) in [5.74, 6) is 10.4. The Balaban J connectivity index is 0.000000124. The van der Waals surface area contributed by atoms with Crippen LogP contribution in [0.2, 0.25) is 0 Å². The number of β-amino-alcohol motifs (C(OH)–C–C–N with tert-alkyl or cyclic N) is 1. The number of rotatable bonds is 19. The molecule has 16 heterocycles. The molecule has 4 atom stereocenters. The second kappa shape index (κ2) is 37.8. The highest BCUT2D eigenvalue weighted by atomic mass is 32.1. The zero-order valence-corrected chi connectivity index (χ0v) is 79.3. The van der Waals surface area contributed by atoms with Crippen LogP contribution in [0.25, 0.3) is 104 Å². The van der Waals surface area contributed by atoms with E-state index in [9.17, 15) is 24.3 Å². The smallest absolute Gasteiger partial charge is 0.298 e. The molecule has 133 heavy (non-hydrogen) atoms. The molecule has 4 fully saturated rings. The lowest BCUT2D eigenvalue weighted by Crippen LogP contribution is -2.34. The van der Waals surface area contributed by atoms with Gasteiger partial charge in [-0.2, -0.15) is 20.4 Å². The number of nitrogens with two attached hydrogens (primary N) is 4. The molecule has 0 saturated carbocycles. The summed E-state index contributed by atoms with van der Waals surface area (Å²) in [5.41, 5.74) is 40.2. The van der Waals surface area contributed by atoms with Crippen molar-refractivity contribution in [2.45, 2.75) is 90.3 Å². The van der Waals surface area contributed by atoms with E-state index in [4.69, 9.17) is 46.6 Å². The Hall–Kier alpha value is -13.9. The number of ether oxygens (including phenoxy) is 5. The number of carbonyl (C=O) groups is 4. The molecule has 0 spiro atoms. The normalized spacial score (nSPS) is 16.7. The third kappa shape index (κ3) is 17.5. The van der Waals surface area contributed by atoms with Crippen LogP contribution >= 0.6 is 45.3 Å². The zero-order chi connectivity index (χ0) is 93.7. The molecule has 20 rings (SSSR count). The van der Waals surface area contributed by atoms with Crippen molar-refractivity contribution in [3.63, 3.8) is 0 Å². The Bertz CT molecular complexity index is 7410. The highest BCUT2D eigenvalue weighted by Crippen LogP contribution is 2.51. The quantitative estimate of drug-likeness (QED) is 0.0371. The number of carbonyl (C=O) groups excluding carboxylic acids is 4. The largest absolute Gasteiger partial charge is 0.495 e. The standard InChI is InChI=1S/C26H30N6O2S.C25H27N5O3S.C24H23N5O2S.C23H23N5O3S/c1-16-10-18-12-22(35-25(18)21(11-16)34-4)19-13-20(32-24(19)26(27)28-15-29-32)17-7-9-31(14-17)23(33)6-5-8-30(2)3;1-5-20(31)29-7-6-15(11-29)22-17(12-32-3)21(23-25(26)27-13-28-30(22)23)19-10-16-8-14(2)9-18(33-4)24(16)34-19;1-4-5-21(30)28-7-6-15(12-28)18-11-17(22-24(25)26-13-27-29(18)22)20-10-16-8-14(2)9-19(31-3)23(16)32-20;1-4-19(29)27-6-5-23(30,11-27)18-10-15(20-22(24)25-12-26-28(18)20)17-9-14-7-13(2)8-16(31-3)21(14)32-17/h5-6,10-13,15,17H,7-9,14H2,1-4H3,(H2,27,28,29);5,8-10,13,15H,1,6-7,11-12H2,2-4H3,(H2,26,27,28);8-11,13,15H,6-7,12H2,1-3H3,(H2,25,26,27);4,7-10,12,30H,1,5-6,11H2,2-3H3,(H2,24,25,26)/b6-5+;;;. The van der Waals surface area contributed by atoms with E-state index in [-0.39, 0.29) is 47.9 Å². The van der Waals surface area contributed by atoms with Crippen LogP contribution in [0.15, 0.2) is 154 Å². The number of likely N-dealkylation sites (tertiary alicyclic amines) is 4. The molecule has 4 aliphatic heterocycles. The van der Waals surface area contributed by atoms with Crippen LogP contribution in [0.3, 0.4) is 0 Å². The van der Waals surface area contributed by atoms with Gasteiger partial charge in [0.1, 0.15) is 76.0 Å². The second-order valence-corrected chi connectivity index (χ2v) is 38.2. The van der Waals surface area contributed by atoms with Gasteiger partial charge in [0.05, 0.1) is 71.8 Å². The summed E-state index contributed by atoms with van der Waals surface area (Å²) in [7, 11) is 12.4. The fourth-order valence-corrected chi connectivity index (χ4v) is 23.4. The topological polar surface area (TPSA) is 376 Å². The molecule has 4 unspecified atom stereocenters. The Morgan fingerprint density at radius 2 is 0.887 bits per heavy atom. The van der Waals surface area contributed by atoms with Gasteiger partial charge < -0.3 is 76.2 Å². The van der Waals surface area contributed by atoms with Gasteiger partial charge >= 0.3 is 0 Å². The lowest BCUT2D eigenvalue weighted by atomic mass is 9.98. The fraction of sp³-hybridized carbons (Fsp3) is 0.306. The van der Waals surface area contributed by atoms with Crippen LogP contribution in [0.4, 0.5) is 23.3 Å². The first-order valence-corrected chi connectivity index (χ1v) is 46.6. The van der Waals surface area contributed by atoms with Crippen LogP contribution in [-0.2, 0) is 36.1 Å². The predicted octanol–water partition coefficient (Wildman–Crippen LogP) is 15.1. The Morgan fingerprint density at radius 1 is 0.496 bits per heavy atom. The summed E-state index contributed by atoms with van der Waals surface area (Å²) >= 11 is 6.59. The number of amides is 4. The van der Waals surface area contributed by atoms with Crippen LogP contribution < -0.4 is 41.9 Å². The zero-order valence-electron chi connectivity index (χ0n) is 76.0. The highest BCUT2D eigenvalue weighted by molar-refractivity contribution is 7.24. The number of benzene rings is 4. The van der Waals surface area contributed by atoms with Gasteiger partial charge in [-0.05, 0) is 197 Å². The van der Waals surface area contributed by atoms with Gasteiger partial charge in [-0.15, -0.1) is 45.3 Å². The number of nitrogen functional groups attached to an aromatic ring is 4. The van der Waals surface area contributed by atoms with E-state index in [0.717, 1.165) is 199 Å². The molecular weight excluding hydrogens is 1760 g/mol. The number of fused-ring (bicyclic) bond motifs is 8. The minimum absolute atomic E-state index is 0.0524. The third-order valence-electron chi connectivity index (χ3n) is 24.9. The average molecular weight is 1860 g/mol. The molecule has 16 aromatic rings. The first-order valence-electron chi connectivity index (χ1n) is 43.4. The van der Waals surface area contributed by atoms with Gasteiger partial charge in [-0.3, -0.25) is 19.2 Å². The first kappa shape index (κ1) is 91.1. The molecule has 4 aromatic carbocycles.